The molecule has 0 fully saturated rings. The first kappa shape index (κ1) is 25.6. The molecule has 0 spiro atoms. The summed E-state index contributed by atoms with van der Waals surface area (Å²) in [5.41, 5.74) is 0.199. The fourth-order valence-corrected chi connectivity index (χ4v) is 3.86. The van der Waals surface area contributed by atoms with Gasteiger partial charge >= 0.3 is 5.97 Å². The molecule has 1 unspecified atom stereocenters. The summed E-state index contributed by atoms with van der Waals surface area (Å²) in [5, 5.41) is 5.08. The third-order valence-electron chi connectivity index (χ3n) is 4.61. The molecule has 1 aromatic carbocycles. The molecule has 1 atom stereocenters. The molecule has 1 rings (SSSR count). The summed E-state index contributed by atoms with van der Waals surface area (Å²) >= 11 is 0. The molecular formula is C20H31N3O6S. The maximum absolute atomic E-state index is 12.5. The van der Waals surface area contributed by atoms with E-state index in [-0.39, 0.29) is 22.4 Å². The van der Waals surface area contributed by atoms with Gasteiger partial charge in [0, 0.05) is 24.7 Å². The summed E-state index contributed by atoms with van der Waals surface area (Å²) in [7, 11) is -3.61. The van der Waals surface area contributed by atoms with Gasteiger partial charge in [-0.1, -0.05) is 27.7 Å². The highest BCUT2D eigenvalue weighted by Crippen LogP contribution is 2.16. The van der Waals surface area contributed by atoms with Crippen molar-refractivity contribution in [2.24, 2.45) is 5.92 Å². The Bertz CT molecular complexity index is 833. The van der Waals surface area contributed by atoms with E-state index in [4.69, 9.17) is 4.74 Å². The van der Waals surface area contributed by atoms with Crippen LogP contribution >= 0.6 is 0 Å². The largest absolute Gasteiger partial charge is 0.454 e. The zero-order valence-corrected chi connectivity index (χ0v) is 18.9. The van der Waals surface area contributed by atoms with Crippen LogP contribution in [0.15, 0.2) is 29.2 Å². The number of hydrogen-bond acceptors (Lipinski definition) is 6. The van der Waals surface area contributed by atoms with Crippen molar-refractivity contribution in [1.82, 2.24) is 14.9 Å². The topological polar surface area (TPSA) is 122 Å². The first-order valence-electron chi connectivity index (χ1n) is 9.86. The summed E-state index contributed by atoms with van der Waals surface area (Å²) in [5.74, 6) is -1.48. The summed E-state index contributed by atoms with van der Waals surface area (Å²) in [4.78, 5) is 35.7. The van der Waals surface area contributed by atoms with E-state index in [0.29, 0.717) is 13.1 Å². The van der Waals surface area contributed by atoms with Crippen LogP contribution < -0.4 is 10.6 Å². The lowest BCUT2D eigenvalue weighted by Crippen LogP contribution is -2.39. The van der Waals surface area contributed by atoms with Crippen LogP contribution in [0.2, 0.25) is 0 Å². The lowest BCUT2D eigenvalue weighted by atomic mass is 10.1. The third kappa shape index (κ3) is 7.42. The van der Waals surface area contributed by atoms with Crippen LogP contribution in [0.4, 0.5) is 0 Å². The van der Waals surface area contributed by atoms with Gasteiger partial charge < -0.3 is 15.4 Å². The van der Waals surface area contributed by atoms with Crippen molar-refractivity contribution in [3.05, 3.63) is 29.8 Å². The monoisotopic (exact) mass is 441 g/mol. The van der Waals surface area contributed by atoms with Crippen molar-refractivity contribution in [3.8, 4) is 0 Å². The van der Waals surface area contributed by atoms with Crippen molar-refractivity contribution >= 4 is 27.8 Å². The molecule has 0 aliphatic carbocycles. The number of sulfonamides is 1. The summed E-state index contributed by atoms with van der Waals surface area (Å²) < 4.78 is 31.1. The first-order chi connectivity index (χ1) is 14.0. The van der Waals surface area contributed by atoms with Gasteiger partial charge in [-0.2, -0.15) is 4.31 Å². The van der Waals surface area contributed by atoms with Crippen LogP contribution in [0.1, 0.15) is 45.0 Å². The number of nitrogens with zero attached hydrogens (tertiary/aromatic N) is 1. The van der Waals surface area contributed by atoms with E-state index in [1.165, 1.54) is 28.6 Å². The van der Waals surface area contributed by atoms with Gasteiger partial charge in [-0.25, -0.2) is 8.42 Å². The third-order valence-corrected chi connectivity index (χ3v) is 6.67. The van der Waals surface area contributed by atoms with E-state index in [0.717, 1.165) is 0 Å². The Morgan fingerprint density at radius 1 is 1.03 bits per heavy atom. The van der Waals surface area contributed by atoms with Crippen molar-refractivity contribution < 1.29 is 27.5 Å². The van der Waals surface area contributed by atoms with Gasteiger partial charge in [0.05, 0.1) is 4.90 Å². The van der Waals surface area contributed by atoms with Crippen LogP contribution in [0.25, 0.3) is 0 Å². The fraction of sp³-hybridized carbons (Fsp3) is 0.550. The zero-order valence-electron chi connectivity index (χ0n) is 18.1. The Hall–Kier alpha value is -2.46. The number of carbonyl (C=O) groups is 3. The van der Waals surface area contributed by atoms with Gasteiger partial charge in [0.25, 0.3) is 11.8 Å². The summed E-state index contributed by atoms with van der Waals surface area (Å²) in [6.07, 6.45) is 0. The Balaban J connectivity index is 2.55. The molecule has 168 valence electrons. The number of rotatable bonds is 11. The van der Waals surface area contributed by atoms with Gasteiger partial charge in [0.2, 0.25) is 10.0 Å². The summed E-state index contributed by atoms with van der Waals surface area (Å²) in [6, 6.07) is 5.39. The highest BCUT2D eigenvalue weighted by atomic mass is 32.2. The molecule has 0 radical (unpaired) electrons. The Morgan fingerprint density at radius 3 is 2.10 bits per heavy atom. The van der Waals surface area contributed by atoms with Crippen LogP contribution in [0.3, 0.4) is 0 Å². The van der Waals surface area contributed by atoms with Gasteiger partial charge in [0.15, 0.2) is 6.61 Å². The molecule has 0 aromatic heterocycles. The highest BCUT2D eigenvalue weighted by Gasteiger charge is 2.22. The molecule has 0 saturated heterocycles. The fourth-order valence-electron chi connectivity index (χ4n) is 2.40. The van der Waals surface area contributed by atoms with Crippen molar-refractivity contribution in [1.29, 1.82) is 0 Å². The number of esters is 1. The molecule has 0 saturated carbocycles. The van der Waals surface area contributed by atoms with Crippen molar-refractivity contribution in [2.45, 2.75) is 45.6 Å². The van der Waals surface area contributed by atoms with Crippen LogP contribution in [0, 0.1) is 5.92 Å². The van der Waals surface area contributed by atoms with Crippen LogP contribution in [-0.2, 0) is 24.3 Å². The number of nitrogens with one attached hydrogen (secondary N) is 2. The van der Waals surface area contributed by atoms with Crippen molar-refractivity contribution in [3.63, 3.8) is 0 Å². The average Bonchev–Trinajstić information content (AvgIpc) is 2.71. The minimum absolute atomic E-state index is 0.0515. The lowest BCUT2D eigenvalue weighted by molar-refractivity contribution is -0.147. The van der Waals surface area contributed by atoms with Gasteiger partial charge in [0.1, 0.15) is 6.54 Å². The minimum Gasteiger partial charge on any atom is -0.454 e. The summed E-state index contributed by atoms with van der Waals surface area (Å²) in [6.45, 7) is 9.11. The maximum atomic E-state index is 12.5. The highest BCUT2D eigenvalue weighted by molar-refractivity contribution is 7.89. The predicted octanol–water partition coefficient (Wildman–Crippen LogP) is 1.15. The Kier molecular flexibility index (Phi) is 9.94. The molecule has 2 amide bonds. The van der Waals surface area contributed by atoms with E-state index in [9.17, 15) is 22.8 Å². The SMILES string of the molecule is CCN(CC)S(=O)(=O)c1ccc(C(=O)NCC(=O)OCC(=O)NC(C)C(C)C)cc1. The van der Waals surface area contributed by atoms with E-state index < -0.39 is 41.0 Å². The number of ether oxygens (including phenoxy) is 1. The number of carbonyl (C=O) groups excluding carboxylic acids is 3. The molecule has 0 aliphatic rings. The molecular weight excluding hydrogens is 410 g/mol. The average molecular weight is 442 g/mol. The number of amides is 2. The van der Waals surface area contributed by atoms with Crippen molar-refractivity contribution in [2.75, 3.05) is 26.2 Å². The van der Waals surface area contributed by atoms with E-state index in [1.54, 1.807) is 13.8 Å². The van der Waals surface area contributed by atoms with Crippen LogP contribution in [-0.4, -0.2) is 62.8 Å². The van der Waals surface area contributed by atoms with E-state index in [1.807, 2.05) is 20.8 Å². The molecule has 1 aromatic rings. The molecule has 0 bridgehead atoms. The Labute approximate surface area is 178 Å². The van der Waals surface area contributed by atoms with Gasteiger partial charge in [-0.3, -0.25) is 14.4 Å². The predicted molar refractivity (Wildman–Crippen MR) is 112 cm³/mol. The Morgan fingerprint density at radius 2 is 1.60 bits per heavy atom. The maximum Gasteiger partial charge on any atom is 0.325 e. The van der Waals surface area contributed by atoms with Gasteiger partial charge in [-0.15, -0.1) is 0 Å². The second-order valence-corrected chi connectivity index (χ2v) is 9.00. The standard InChI is InChI=1S/C20H31N3O6S/c1-6-23(7-2)30(27,28)17-10-8-16(9-11-17)20(26)21-12-19(25)29-13-18(24)22-15(5)14(3)4/h8-11,14-15H,6-7,12-13H2,1-5H3,(H,21,26)(H,22,24). The smallest absolute Gasteiger partial charge is 0.325 e. The molecule has 30 heavy (non-hydrogen) atoms. The molecule has 0 heterocycles. The second-order valence-electron chi connectivity index (χ2n) is 7.06. The van der Waals surface area contributed by atoms with E-state index >= 15 is 0 Å². The molecule has 0 aliphatic heterocycles. The number of benzene rings is 1. The first-order valence-corrected chi connectivity index (χ1v) is 11.3. The number of hydrogen-bond donors (Lipinski definition) is 2. The second kappa shape index (κ2) is 11.7. The molecule has 9 nitrogen and oxygen atoms in total. The zero-order chi connectivity index (χ0) is 22.9. The van der Waals surface area contributed by atoms with E-state index in [2.05, 4.69) is 10.6 Å². The minimum atomic E-state index is -3.61. The molecule has 10 heteroatoms. The quantitative estimate of drug-likeness (QED) is 0.497. The normalized spacial score (nSPS) is 12.5. The molecule has 2 N–H and O–H groups in total. The van der Waals surface area contributed by atoms with Crippen LogP contribution in [0.5, 0.6) is 0 Å². The van der Waals surface area contributed by atoms with Gasteiger partial charge in [-0.05, 0) is 37.1 Å². The lowest BCUT2D eigenvalue weighted by Gasteiger charge is -2.18.